The van der Waals surface area contributed by atoms with Crippen LogP contribution < -0.4 is 4.74 Å². The van der Waals surface area contributed by atoms with Crippen molar-refractivity contribution in [2.24, 2.45) is 0 Å². The van der Waals surface area contributed by atoms with Gasteiger partial charge in [0.15, 0.2) is 0 Å². The lowest BCUT2D eigenvalue weighted by Gasteiger charge is -2.07. The molecule has 0 bridgehead atoms. The Morgan fingerprint density at radius 3 is 2.50 bits per heavy atom. The molecule has 2 nitrogen and oxygen atoms in total. The fraction of sp³-hybridized carbons (Fsp3) is 0.455. The predicted molar refractivity (Wildman–Crippen MR) is 57.9 cm³/mol. The first-order chi connectivity index (χ1) is 6.74. The molecule has 1 atom stereocenters. The lowest BCUT2D eigenvalue weighted by molar-refractivity contribution is 0.199. The molecule has 1 unspecified atom stereocenters. The van der Waals surface area contributed by atoms with E-state index in [2.05, 4.69) is 0 Å². The highest BCUT2D eigenvalue weighted by Gasteiger charge is 2.00. The Balaban J connectivity index is 2.47. The summed E-state index contributed by atoms with van der Waals surface area (Å²) in [6.07, 6.45) is 0.423. The summed E-state index contributed by atoms with van der Waals surface area (Å²) >= 11 is 5.52. The van der Waals surface area contributed by atoms with Crippen LogP contribution in [0.5, 0.6) is 5.75 Å². The van der Waals surface area contributed by atoms with Crippen molar-refractivity contribution in [1.82, 2.24) is 0 Å². The minimum absolute atomic E-state index is 0.424. The van der Waals surface area contributed by atoms with Gasteiger partial charge in [-0.05, 0) is 31.0 Å². The maximum atomic E-state index is 9.27. The Kier molecular flexibility index (Phi) is 4.77. The number of benzene rings is 1. The van der Waals surface area contributed by atoms with Gasteiger partial charge >= 0.3 is 0 Å². The number of halogens is 1. The van der Waals surface area contributed by atoms with Crippen LogP contribution in [0.1, 0.15) is 25.0 Å². The summed E-state index contributed by atoms with van der Waals surface area (Å²) in [5, 5.41) is 9.27. The van der Waals surface area contributed by atoms with Gasteiger partial charge in [0, 0.05) is 5.88 Å². The number of hydrogen-bond donors (Lipinski definition) is 1. The van der Waals surface area contributed by atoms with E-state index in [-0.39, 0.29) is 0 Å². The fourth-order valence-electron chi connectivity index (χ4n) is 1.09. The molecule has 1 N–H and O–H groups in total. The molecule has 0 heterocycles. The molecule has 0 aliphatic carbocycles. The van der Waals surface area contributed by atoms with E-state index in [0.717, 1.165) is 17.7 Å². The van der Waals surface area contributed by atoms with Crippen LogP contribution in [0.25, 0.3) is 0 Å². The molecule has 78 valence electrons. The molecule has 0 saturated carbocycles. The molecule has 14 heavy (non-hydrogen) atoms. The van der Waals surface area contributed by atoms with Crippen molar-refractivity contribution in [3.8, 4) is 5.75 Å². The Morgan fingerprint density at radius 2 is 2.00 bits per heavy atom. The molecule has 3 heteroatoms. The number of ether oxygens (including phenoxy) is 1. The molecule has 0 amide bonds. The number of aliphatic hydroxyl groups excluding tert-OH is 1. The third kappa shape index (κ3) is 3.56. The first-order valence-electron chi connectivity index (χ1n) is 4.71. The zero-order valence-corrected chi connectivity index (χ0v) is 9.00. The number of aliphatic hydroxyl groups is 1. The predicted octanol–water partition coefficient (Wildman–Crippen LogP) is 2.75. The molecule has 0 aromatic heterocycles. The summed E-state index contributed by atoms with van der Waals surface area (Å²) in [6.45, 7) is 2.38. The molecule has 0 radical (unpaired) electrons. The Bertz CT molecular complexity index is 256. The quantitative estimate of drug-likeness (QED) is 0.603. The zero-order valence-electron chi connectivity index (χ0n) is 8.24. The normalized spacial score (nSPS) is 12.5. The number of alkyl halides is 1. The third-order valence-electron chi connectivity index (χ3n) is 1.91. The Labute approximate surface area is 89.5 Å². The third-order valence-corrected chi connectivity index (χ3v) is 2.18. The van der Waals surface area contributed by atoms with Crippen LogP contribution in [0.2, 0.25) is 0 Å². The van der Waals surface area contributed by atoms with E-state index < -0.39 is 6.10 Å². The van der Waals surface area contributed by atoms with E-state index in [9.17, 15) is 5.11 Å². The van der Waals surface area contributed by atoms with Gasteiger partial charge in [0.2, 0.25) is 0 Å². The number of rotatable bonds is 5. The van der Waals surface area contributed by atoms with E-state index in [1.165, 1.54) is 0 Å². The van der Waals surface area contributed by atoms with Crippen LogP contribution in [0.3, 0.4) is 0 Å². The molecule has 1 aromatic rings. The fourth-order valence-corrected chi connectivity index (χ4v) is 1.20. The molecule has 0 aliphatic rings. The lowest BCUT2D eigenvalue weighted by Crippen LogP contribution is -1.98. The first-order valence-corrected chi connectivity index (χ1v) is 5.24. The van der Waals surface area contributed by atoms with Crippen molar-refractivity contribution in [3.63, 3.8) is 0 Å². The Hall–Kier alpha value is -0.730. The molecule has 0 saturated heterocycles. The van der Waals surface area contributed by atoms with Crippen LogP contribution in [0.4, 0.5) is 0 Å². The summed E-state index contributed by atoms with van der Waals surface area (Å²) in [6, 6.07) is 7.44. The average Bonchev–Trinajstić information content (AvgIpc) is 2.19. The smallest absolute Gasteiger partial charge is 0.119 e. The number of hydrogen-bond acceptors (Lipinski definition) is 2. The largest absolute Gasteiger partial charge is 0.494 e. The molecule has 0 spiro atoms. The van der Waals surface area contributed by atoms with Gasteiger partial charge in [-0.3, -0.25) is 0 Å². The van der Waals surface area contributed by atoms with Gasteiger partial charge in [-0.25, -0.2) is 0 Å². The van der Waals surface area contributed by atoms with Crippen LogP contribution >= 0.6 is 11.6 Å². The topological polar surface area (TPSA) is 29.5 Å². The summed E-state index contributed by atoms with van der Waals surface area (Å²) < 4.78 is 5.42. The van der Waals surface area contributed by atoms with E-state index in [1.54, 1.807) is 6.92 Å². The standard InChI is InChI=1S/C11H15ClO2/c1-9(13)10-3-5-11(6-4-10)14-8-2-7-12/h3-6,9,13H,2,7-8H2,1H3. The summed E-state index contributed by atoms with van der Waals surface area (Å²) in [7, 11) is 0. The SMILES string of the molecule is CC(O)c1ccc(OCCCCl)cc1. The van der Waals surface area contributed by atoms with E-state index >= 15 is 0 Å². The van der Waals surface area contributed by atoms with Crippen molar-refractivity contribution in [2.75, 3.05) is 12.5 Å². The summed E-state index contributed by atoms with van der Waals surface area (Å²) in [5.74, 6) is 1.44. The lowest BCUT2D eigenvalue weighted by atomic mass is 10.1. The van der Waals surface area contributed by atoms with Crippen molar-refractivity contribution < 1.29 is 9.84 Å². The van der Waals surface area contributed by atoms with Gasteiger partial charge in [0.05, 0.1) is 12.7 Å². The van der Waals surface area contributed by atoms with E-state index in [4.69, 9.17) is 16.3 Å². The van der Waals surface area contributed by atoms with Crippen molar-refractivity contribution >= 4 is 11.6 Å². The van der Waals surface area contributed by atoms with Gasteiger partial charge in [0.25, 0.3) is 0 Å². The van der Waals surface area contributed by atoms with E-state index in [1.807, 2.05) is 24.3 Å². The van der Waals surface area contributed by atoms with Crippen LogP contribution in [-0.2, 0) is 0 Å². The second kappa shape index (κ2) is 5.89. The maximum absolute atomic E-state index is 9.27. The van der Waals surface area contributed by atoms with Crippen molar-refractivity contribution in [3.05, 3.63) is 29.8 Å². The van der Waals surface area contributed by atoms with Gasteiger partial charge < -0.3 is 9.84 Å². The second-order valence-electron chi connectivity index (χ2n) is 3.14. The van der Waals surface area contributed by atoms with Gasteiger partial charge in [-0.15, -0.1) is 11.6 Å². The highest BCUT2D eigenvalue weighted by molar-refractivity contribution is 6.17. The van der Waals surface area contributed by atoms with E-state index in [0.29, 0.717) is 12.5 Å². The molecular weight excluding hydrogens is 200 g/mol. The molecule has 1 rings (SSSR count). The molecule has 0 aliphatic heterocycles. The molecule has 1 aromatic carbocycles. The van der Waals surface area contributed by atoms with Crippen LogP contribution in [0, 0.1) is 0 Å². The Morgan fingerprint density at radius 1 is 1.36 bits per heavy atom. The van der Waals surface area contributed by atoms with Crippen LogP contribution in [0.15, 0.2) is 24.3 Å². The summed E-state index contributed by atoms with van der Waals surface area (Å²) in [4.78, 5) is 0. The minimum Gasteiger partial charge on any atom is -0.494 e. The maximum Gasteiger partial charge on any atom is 0.119 e. The summed E-state index contributed by atoms with van der Waals surface area (Å²) in [5.41, 5.74) is 0.898. The molecule has 0 fully saturated rings. The highest BCUT2D eigenvalue weighted by Crippen LogP contribution is 2.17. The first kappa shape index (κ1) is 11.3. The van der Waals surface area contributed by atoms with Gasteiger partial charge in [-0.1, -0.05) is 12.1 Å². The second-order valence-corrected chi connectivity index (χ2v) is 3.51. The van der Waals surface area contributed by atoms with Crippen molar-refractivity contribution in [1.29, 1.82) is 0 Å². The van der Waals surface area contributed by atoms with Crippen molar-refractivity contribution in [2.45, 2.75) is 19.4 Å². The zero-order chi connectivity index (χ0) is 10.4. The highest BCUT2D eigenvalue weighted by atomic mass is 35.5. The molecular formula is C11H15ClO2. The van der Waals surface area contributed by atoms with Crippen LogP contribution in [-0.4, -0.2) is 17.6 Å². The van der Waals surface area contributed by atoms with Gasteiger partial charge in [0.1, 0.15) is 5.75 Å². The average molecular weight is 215 g/mol. The minimum atomic E-state index is -0.424. The monoisotopic (exact) mass is 214 g/mol. The van der Waals surface area contributed by atoms with Gasteiger partial charge in [-0.2, -0.15) is 0 Å².